The first-order valence-corrected chi connectivity index (χ1v) is 7.98. The minimum Gasteiger partial charge on any atom is -0.350 e. The van der Waals surface area contributed by atoms with Gasteiger partial charge in [-0.2, -0.15) is 5.10 Å². The van der Waals surface area contributed by atoms with Gasteiger partial charge in [-0.15, -0.1) is 0 Å². The lowest BCUT2D eigenvalue weighted by Gasteiger charge is -2.25. The molecule has 2 atom stereocenters. The van der Waals surface area contributed by atoms with Crippen LogP contribution in [0.25, 0.3) is 0 Å². The Balaban J connectivity index is 1.90. The summed E-state index contributed by atoms with van der Waals surface area (Å²) in [5, 5.41) is 7.36. The molecule has 0 aliphatic heterocycles. The highest BCUT2D eigenvalue weighted by Crippen LogP contribution is 2.28. The van der Waals surface area contributed by atoms with Crippen molar-refractivity contribution in [3.05, 3.63) is 17.5 Å². The number of halogens is 1. The first-order chi connectivity index (χ1) is 9.10. The summed E-state index contributed by atoms with van der Waals surface area (Å²) in [5.74, 6) is 0.598. The molecule has 1 aromatic heterocycles. The van der Waals surface area contributed by atoms with Gasteiger partial charge < -0.3 is 5.32 Å². The number of nitrogens with zero attached hydrogens (tertiary/aromatic N) is 2. The number of rotatable bonds is 4. The topological polar surface area (TPSA) is 46.9 Å². The van der Waals surface area contributed by atoms with E-state index in [9.17, 15) is 4.79 Å². The Bertz CT molecular complexity index is 444. The first kappa shape index (κ1) is 14.6. The molecule has 19 heavy (non-hydrogen) atoms. The lowest BCUT2D eigenvalue weighted by Crippen LogP contribution is -2.33. The highest BCUT2D eigenvalue weighted by Gasteiger charge is 2.21. The van der Waals surface area contributed by atoms with E-state index >= 15 is 0 Å². The third kappa shape index (κ3) is 3.81. The van der Waals surface area contributed by atoms with E-state index in [0.717, 1.165) is 25.2 Å². The summed E-state index contributed by atoms with van der Waals surface area (Å²) in [4.78, 5) is 12.8. The van der Waals surface area contributed by atoms with Crippen molar-refractivity contribution in [3.8, 4) is 0 Å². The van der Waals surface area contributed by atoms with Crippen LogP contribution in [0.2, 0.25) is 0 Å². The molecule has 5 heteroatoms. The van der Waals surface area contributed by atoms with Gasteiger partial charge in [-0.25, -0.2) is 0 Å². The molecule has 1 aliphatic carbocycles. The molecule has 106 valence electrons. The van der Waals surface area contributed by atoms with Crippen molar-refractivity contribution in [2.45, 2.75) is 50.9 Å². The maximum atomic E-state index is 12.2. The Hall–Kier alpha value is -0.840. The summed E-state index contributed by atoms with van der Waals surface area (Å²) in [6.07, 6.45) is 4.88. The minimum absolute atomic E-state index is 0.000791. The molecule has 0 bridgehead atoms. The molecule has 1 aromatic rings. The molecule has 1 N–H and O–H groups in total. The summed E-state index contributed by atoms with van der Waals surface area (Å²) in [6.45, 7) is 5.41. The van der Waals surface area contributed by atoms with Crippen LogP contribution in [0.3, 0.4) is 0 Å². The van der Waals surface area contributed by atoms with Crippen LogP contribution in [-0.2, 0) is 6.54 Å². The Morgan fingerprint density at radius 2 is 2.37 bits per heavy atom. The predicted molar refractivity (Wildman–Crippen MR) is 79.6 cm³/mol. The van der Waals surface area contributed by atoms with Crippen LogP contribution >= 0.6 is 15.9 Å². The van der Waals surface area contributed by atoms with Crippen LogP contribution < -0.4 is 5.32 Å². The molecular weight excluding hydrogens is 306 g/mol. The average Bonchev–Trinajstić information content (AvgIpc) is 2.77. The smallest absolute Gasteiger partial charge is 0.269 e. The van der Waals surface area contributed by atoms with E-state index in [-0.39, 0.29) is 5.91 Å². The first-order valence-electron chi connectivity index (χ1n) is 7.07. The third-order valence-electron chi connectivity index (χ3n) is 3.70. The zero-order valence-electron chi connectivity index (χ0n) is 11.7. The fourth-order valence-electron chi connectivity index (χ4n) is 2.71. The number of carbonyl (C=O) groups is 1. The SMILES string of the molecule is CCn1nc(C)cc1C(=O)NCC1CCCC(Br)C1. The van der Waals surface area contributed by atoms with E-state index in [1.54, 1.807) is 4.68 Å². The number of aryl methyl sites for hydroxylation is 2. The highest BCUT2D eigenvalue weighted by molar-refractivity contribution is 9.09. The van der Waals surface area contributed by atoms with Crippen molar-refractivity contribution in [1.29, 1.82) is 0 Å². The third-order valence-corrected chi connectivity index (χ3v) is 4.54. The van der Waals surface area contributed by atoms with E-state index in [1.807, 2.05) is 19.9 Å². The van der Waals surface area contributed by atoms with Gasteiger partial charge in [0, 0.05) is 17.9 Å². The van der Waals surface area contributed by atoms with Crippen molar-refractivity contribution in [1.82, 2.24) is 15.1 Å². The summed E-state index contributed by atoms with van der Waals surface area (Å²) in [6, 6.07) is 1.85. The van der Waals surface area contributed by atoms with Crippen LogP contribution in [0.1, 0.15) is 48.8 Å². The minimum atomic E-state index is -0.000791. The Labute approximate surface area is 123 Å². The summed E-state index contributed by atoms with van der Waals surface area (Å²) >= 11 is 3.68. The van der Waals surface area contributed by atoms with Crippen molar-refractivity contribution >= 4 is 21.8 Å². The molecular formula is C14H22BrN3O. The lowest BCUT2D eigenvalue weighted by atomic mass is 9.89. The van der Waals surface area contributed by atoms with Crippen LogP contribution in [0.5, 0.6) is 0 Å². The monoisotopic (exact) mass is 327 g/mol. The fraction of sp³-hybridized carbons (Fsp3) is 0.714. The normalized spacial score (nSPS) is 23.3. The van der Waals surface area contributed by atoms with Crippen LogP contribution in [0, 0.1) is 12.8 Å². The molecule has 4 nitrogen and oxygen atoms in total. The number of amides is 1. The van der Waals surface area contributed by atoms with Gasteiger partial charge >= 0.3 is 0 Å². The zero-order chi connectivity index (χ0) is 13.8. The standard InChI is InChI=1S/C14H22BrN3O/c1-3-18-13(7-10(2)17-18)14(19)16-9-11-5-4-6-12(15)8-11/h7,11-12H,3-6,8-9H2,1-2H3,(H,16,19). The number of aromatic nitrogens is 2. The number of alkyl halides is 1. The van der Waals surface area contributed by atoms with Crippen molar-refractivity contribution in [3.63, 3.8) is 0 Å². The van der Waals surface area contributed by atoms with Gasteiger partial charge in [-0.3, -0.25) is 9.48 Å². The second kappa shape index (κ2) is 6.55. The Morgan fingerprint density at radius 3 is 3.05 bits per heavy atom. The van der Waals surface area contributed by atoms with Crippen LogP contribution in [-0.4, -0.2) is 27.1 Å². The van der Waals surface area contributed by atoms with Gasteiger partial charge in [-0.1, -0.05) is 22.4 Å². The van der Waals surface area contributed by atoms with Crippen molar-refractivity contribution in [2.24, 2.45) is 5.92 Å². The largest absolute Gasteiger partial charge is 0.350 e. The molecule has 0 aromatic carbocycles. The van der Waals surface area contributed by atoms with Gasteiger partial charge in [0.05, 0.1) is 5.69 Å². The van der Waals surface area contributed by atoms with Gasteiger partial charge in [0.25, 0.3) is 5.91 Å². The van der Waals surface area contributed by atoms with E-state index < -0.39 is 0 Å². The lowest BCUT2D eigenvalue weighted by molar-refractivity contribution is 0.0933. The van der Waals surface area contributed by atoms with E-state index in [1.165, 1.54) is 19.3 Å². The van der Waals surface area contributed by atoms with E-state index in [4.69, 9.17) is 0 Å². The van der Waals surface area contributed by atoms with Crippen molar-refractivity contribution in [2.75, 3.05) is 6.54 Å². The second-order valence-corrected chi connectivity index (χ2v) is 6.62. The molecule has 1 fully saturated rings. The van der Waals surface area contributed by atoms with E-state index in [0.29, 0.717) is 16.4 Å². The molecule has 0 radical (unpaired) electrons. The Kier molecular flexibility index (Phi) is 5.02. The predicted octanol–water partition coefficient (Wildman–Crippen LogP) is 2.89. The molecule has 0 saturated heterocycles. The molecule has 1 saturated carbocycles. The summed E-state index contributed by atoms with van der Waals surface area (Å²) in [5.41, 5.74) is 1.57. The average molecular weight is 328 g/mol. The van der Waals surface area contributed by atoms with Crippen LogP contribution in [0.15, 0.2) is 6.07 Å². The van der Waals surface area contributed by atoms with E-state index in [2.05, 4.69) is 26.3 Å². The number of nitrogens with one attached hydrogen (secondary N) is 1. The number of hydrogen-bond donors (Lipinski definition) is 1. The molecule has 1 heterocycles. The van der Waals surface area contributed by atoms with Gasteiger partial charge in [0.2, 0.25) is 0 Å². The molecule has 1 aliphatic rings. The molecule has 0 spiro atoms. The number of hydrogen-bond acceptors (Lipinski definition) is 2. The zero-order valence-corrected chi connectivity index (χ0v) is 13.2. The van der Waals surface area contributed by atoms with Crippen LogP contribution in [0.4, 0.5) is 0 Å². The quantitative estimate of drug-likeness (QED) is 0.864. The van der Waals surface area contributed by atoms with Gasteiger partial charge in [0.1, 0.15) is 5.69 Å². The summed E-state index contributed by atoms with van der Waals surface area (Å²) in [7, 11) is 0. The Morgan fingerprint density at radius 1 is 1.58 bits per heavy atom. The maximum absolute atomic E-state index is 12.2. The van der Waals surface area contributed by atoms with Gasteiger partial charge in [0.15, 0.2) is 0 Å². The molecule has 2 unspecified atom stereocenters. The maximum Gasteiger partial charge on any atom is 0.269 e. The second-order valence-electron chi connectivity index (χ2n) is 5.33. The summed E-state index contributed by atoms with van der Waals surface area (Å²) < 4.78 is 1.76. The fourth-order valence-corrected chi connectivity index (χ4v) is 3.56. The molecule has 1 amide bonds. The number of carbonyl (C=O) groups excluding carboxylic acids is 1. The van der Waals surface area contributed by atoms with Crippen molar-refractivity contribution < 1.29 is 4.79 Å². The molecule has 2 rings (SSSR count). The van der Waals surface area contributed by atoms with Gasteiger partial charge in [-0.05, 0) is 45.1 Å². The highest BCUT2D eigenvalue weighted by atomic mass is 79.9.